The van der Waals surface area contributed by atoms with Crippen molar-refractivity contribution in [3.05, 3.63) is 30.3 Å². The molecule has 3 unspecified atom stereocenters. The summed E-state index contributed by atoms with van der Waals surface area (Å²) in [4.78, 5) is 2.54. The predicted octanol–water partition coefficient (Wildman–Crippen LogP) is 4.32. The summed E-state index contributed by atoms with van der Waals surface area (Å²) in [5.41, 5.74) is 1.37. The molecule has 1 N–H and O–H groups in total. The summed E-state index contributed by atoms with van der Waals surface area (Å²) < 4.78 is 0. The van der Waals surface area contributed by atoms with Crippen molar-refractivity contribution in [3.8, 4) is 0 Å². The second-order valence-electron chi connectivity index (χ2n) is 6.61. The van der Waals surface area contributed by atoms with E-state index in [2.05, 4.69) is 61.3 Å². The minimum Gasteiger partial charge on any atom is -0.371 e. The molecule has 0 aliphatic heterocycles. The third kappa shape index (κ3) is 4.74. The molecule has 1 aliphatic carbocycles. The Morgan fingerprint density at radius 2 is 1.90 bits per heavy atom. The largest absolute Gasteiger partial charge is 0.371 e. The van der Waals surface area contributed by atoms with Gasteiger partial charge in [-0.2, -0.15) is 0 Å². The Morgan fingerprint density at radius 1 is 1.14 bits per heavy atom. The Hall–Kier alpha value is -1.02. The lowest BCUT2D eigenvalue weighted by molar-refractivity contribution is 0.216. The summed E-state index contributed by atoms with van der Waals surface area (Å²) >= 11 is 0. The van der Waals surface area contributed by atoms with E-state index >= 15 is 0 Å². The van der Waals surface area contributed by atoms with E-state index in [1.165, 1.54) is 37.9 Å². The fourth-order valence-electron chi connectivity index (χ4n) is 3.64. The van der Waals surface area contributed by atoms with Crippen LogP contribution < -0.4 is 10.2 Å². The number of anilines is 1. The quantitative estimate of drug-likeness (QED) is 0.804. The van der Waals surface area contributed by atoms with Gasteiger partial charge in [0, 0.05) is 24.8 Å². The molecule has 118 valence electrons. The standard InChI is InChI=1S/C19H32N2/c1-4-13-20-19-12-11-16(3)14-17(19)15-21(5-2)18-9-7-6-8-10-18/h6-10,16-17,19-20H,4-5,11-15H2,1-3H3. The normalized spacial score (nSPS) is 25.8. The SMILES string of the molecule is CCCNC1CCC(C)CC1CN(CC)c1ccccc1. The maximum absolute atomic E-state index is 3.80. The third-order valence-electron chi connectivity index (χ3n) is 4.86. The first-order chi connectivity index (χ1) is 10.2. The zero-order valence-corrected chi connectivity index (χ0v) is 14.0. The Bertz CT molecular complexity index is 388. The molecule has 0 bridgehead atoms. The summed E-state index contributed by atoms with van der Waals surface area (Å²) in [6, 6.07) is 11.6. The molecule has 21 heavy (non-hydrogen) atoms. The number of para-hydroxylation sites is 1. The molecule has 3 atom stereocenters. The molecule has 2 heteroatoms. The zero-order valence-electron chi connectivity index (χ0n) is 14.0. The Balaban J connectivity index is 2.01. The van der Waals surface area contributed by atoms with Crippen molar-refractivity contribution in [1.82, 2.24) is 5.32 Å². The molecule has 1 fully saturated rings. The van der Waals surface area contributed by atoms with Crippen molar-refractivity contribution in [2.75, 3.05) is 24.5 Å². The van der Waals surface area contributed by atoms with Crippen LogP contribution in [0.25, 0.3) is 0 Å². The molecule has 1 saturated carbocycles. The van der Waals surface area contributed by atoms with Gasteiger partial charge in [-0.15, -0.1) is 0 Å². The van der Waals surface area contributed by atoms with E-state index in [1.807, 2.05) is 0 Å². The maximum Gasteiger partial charge on any atom is 0.0366 e. The second-order valence-corrected chi connectivity index (χ2v) is 6.61. The zero-order chi connectivity index (χ0) is 15.1. The van der Waals surface area contributed by atoms with Gasteiger partial charge in [-0.05, 0) is 63.1 Å². The highest BCUT2D eigenvalue weighted by molar-refractivity contribution is 5.45. The Morgan fingerprint density at radius 3 is 2.57 bits per heavy atom. The molecule has 0 aromatic heterocycles. The Labute approximate surface area is 130 Å². The van der Waals surface area contributed by atoms with Crippen LogP contribution in [0, 0.1) is 11.8 Å². The van der Waals surface area contributed by atoms with E-state index in [4.69, 9.17) is 0 Å². The van der Waals surface area contributed by atoms with Crippen molar-refractivity contribution in [1.29, 1.82) is 0 Å². The minimum atomic E-state index is 0.707. The first-order valence-electron chi connectivity index (χ1n) is 8.78. The monoisotopic (exact) mass is 288 g/mol. The molecule has 1 aliphatic rings. The van der Waals surface area contributed by atoms with Crippen LogP contribution in [0.4, 0.5) is 5.69 Å². The number of hydrogen-bond donors (Lipinski definition) is 1. The average molecular weight is 288 g/mol. The van der Waals surface area contributed by atoms with Gasteiger partial charge in [0.25, 0.3) is 0 Å². The Kier molecular flexibility index (Phi) is 6.56. The minimum absolute atomic E-state index is 0.707. The molecule has 0 radical (unpaired) electrons. The fraction of sp³-hybridized carbons (Fsp3) is 0.684. The lowest BCUT2D eigenvalue weighted by Gasteiger charge is -2.39. The van der Waals surface area contributed by atoms with Gasteiger partial charge in [0.1, 0.15) is 0 Å². The lowest BCUT2D eigenvalue weighted by atomic mass is 9.78. The molecule has 0 spiro atoms. The fourth-order valence-corrected chi connectivity index (χ4v) is 3.64. The van der Waals surface area contributed by atoms with Gasteiger partial charge in [0.15, 0.2) is 0 Å². The molecule has 1 aromatic rings. The van der Waals surface area contributed by atoms with E-state index in [0.717, 1.165) is 24.9 Å². The molecule has 0 saturated heterocycles. The van der Waals surface area contributed by atoms with E-state index in [0.29, 0.717) is 6.04 Å². The van der Waals surface area contributed by atoms with Crippen molar-refractivity contribution < 1.29 is 0 Å². The van der Waals surface area contributed by atoms with Crippen molar-refractivity contribution in [3.63, 3.8) is 0 Å². The molecule has 2 nitrogen and oxygen atoms in total. The summed E-state index contributed by atoms with van der Waals surface area (Å²) in [6.45, 7) is 10.4. The first kappa shape index (κ1) is 16.4. The van der Waals surface area contributed by atoms with Gasteiger partial charge < -0.3 is 10.2 Å². The van der Waals surface area contributed by atoms with E-state index < -0.39 is 0 Å². The molecule has 1 aromatic carbocycles. The number of rotatable bonds is 7. The van der Waals surface area contributed by atoms with Crippen LogP contribution in [0.2, 0.25) is 0 Å². The summed E-state index contributed by atoms with van der Waals surface area (Å²) in [5.74, 6) is 1.66. The summed E-state index contributed by atoms with van der Waals surface area (Å²) in [7, 11) is 0. The van der Waals surface area contributed by atoms with Gasteiger partial charge in [0.05, 0.1) is 0 Å². The van der Waals surface area contributed by atoms with E-state index in [9.17, 15) is 0 Å². The van der Waals surface area contributed by atoms with E-state index in [1.54, 1.807) is 0 Å². The summed E-state index contributed by atoms with van der Waals surface area (Å²) in [6.07, 6.45) is 5.33. The first-order valence-corrected chi connectivity index (χ1v) is 8.78. The second kappa shape index (κ2) is 8.43. The highest BCUT2D eigenvalue weighted by atomic mass is 15.1. The van der Waals surface area contributed by atoms with Crippen LogP contribution in [0.1, 0.15) is 46.5 Å². The van der Waals surface area contributed by atoms with Crippen LogP contribution >= 0.6 is 0 Å². The van der Waals surface area contributed by atoms with Gasteiger partial charge in [0.2, 0.25) is 0 Å². The number of benzene rings is 1. The van der Waals surface area contributed by atoms with Crippen molar-refractivity contribution >= 4 is 5.69 Å². The van der Waals surface area contributed by atoms with Gasteiger partial charge in [-0.25, -0.2) is 0 Å². The van der Waals surface area contributed by atoms with Gasteiger partial charge in [-0.3, -0.25) is 0 Å². The number of nitrogens with zero attached hydrogens (tertiary/aromatic N) is 1. The van der Waals surface area contributed by atoms with Crippen LogP contribution in [-0.4, -0.2) is 25.7 Å². The molecule has 0 heterocycles. The molecule has 0 amide bonds. The number of nitrogens with one attached hydrogen (secondary N) is 1. The predicted molar refractivity (Wildman–Crippen MR) is 92.9 cm³/mol. The van der Waals surface area contributed by atoms with Crippen LogP contribution in [0.5, 0.6) is 0 Å². The smallest absolute Gasteiger partial charge is 0.0366 e. The van der Waals surface area contributed by atoms with Crippen LogP contribution in [0.3, 0.4) is 0 Å². The van der Waals surface area contributed by atoms with Gasteiger partial charge >= 0.3 is 0 Å². The van der Waals surface area contributed by atoms with E-state index in [-0.39, 0.29) is 0 Å². The topological polar surface area (TPSA) is 15.3 Å². The van der Waals surface area contributed by atoms with Crippen molar-refractivity contribution in [2.24, 2.45) is 11.8 Å². The molecular formula is C19H32N2. The highest BCUT2D eigenvalue weighted by Gasteiger charge is 2.29. The van der Waals surface area contributed by atoms with Crippen LogP contribution in [0.15, 0.2) is 30.3 Å². The van der Waals surface area contributed by atoms with Gasteiger partial charge in [-0.1, -0.05) is 32.0 Å². The third-order valence-corrected chi connectivity index (χ3v) is 4.86. The molecular weight excluding hydrogens is 256 g/mol. The average Bonchev–Trinajstić information content (AvgIpc) is 2.52. The maximum atomic E-state index is 3.80. The number of hydrogen-bond acceptors (Lipinski definition) is 2. The van der Waals surface area contributed by atoms with Crippen molar-refractivity contribution in [2.45, 2.75) is 52.5 Å². The summed E-state index contributed by atoms with van der Waals surface area (Å²) in [5, 5.41) is 3.80. The lowest BCUT2D eigenvalue weighted by Crippen LogP contribution is -2.46. The molecule has 2 rings (SSSR count). The van der Waals surface area contributed by atoms with Crippen LogP contribution in [-0.2, 0) is 0 Å². The highest BCUT2D eigenvalue weighted by Crippen LogP contribution is 2.30.